The number of ether oxygens (including phenoxy) is 1. The predicted octanol–water partition coefficient (Wildman–Crippen LogP) is 2.50. The Morgan fingerprint density at radius 2 is 2.32 bits per heavy atom. The zero-order valence-electron chi connectivity index (χ0n) is 11.3. The van der Waals surface area contributed by atoms with Gasteiger partial charge in [-0.2, -0.15) is 0 Å². The Bertz CT molecular complexity index is 467. The summed E-state index contributed by atoms with van der Waals surface area (Å²) in [5.41, 5.74) is 0.276. The third-order valence-corrected chi connectivity index (χ3v) is 3.96. The van der Waals surface area contributed by atoms with Gasteiger partial charge in [0.05, 0.1) is 7.11 Å². The van der Waals surface area contributed by atoms with Crippen molar-refractivity contribution in [1.29, 1.82) is 0 Å². The zero-order chi connectivity index (χ0) is 13.9. The molecule has 0 saturated carbocycles. The van der Waals surface area contributed by atoms with Gasteiger partial charge in [-0.05, 0) is 44.6 Å². The second-order valence-electron chi connectivity index (χ2n) is 5.05. The Morgan fingerprint density at radius 1 is 1.53 bits per heavy atom. The molecule has 0 spiro atoms. The fourth-order valence-electron chi connectivity index (χ4n) is 2.63. The van der Waals surface area contributed by atoms with E-state index in [4.69, 9.17) is 4.74 Å². The van der Waals surface area contributed by atoms with Crippen molar-refractivity contribution >= 4 is 27.6 Å². The molecule has 0 amide bonds. The van der Waals surface area contributed by atoms with Crippen LogP contribution in [-0.4, -0.2) is 43.7 Å². The normalized spacial score (nSPS) is 23.9. The van der Waals surface area contributed by atoms with Gasteiger partial charge in [-0.1, -0.05) is 22.0 Å². The third kappa shape index (κ3) is 3.28. The molecule has 1 aliphatic rings. The maximum absolute atomic E-state index is 12.2. The van der Waals surface area contributed by atoms with Crippen molar-refractivity contribution in [1.82, 2.24) is 4.90 Å². The molecule has 19 heavy (non-hydrogen) atoms. The first-order valence-electron chi connectivity index (χ1n) is 6.36. The lowest BCUT2D eigenvalue weighted by Gasteiger charge is -2.40. The number of likely N-dealkylation sites (N-methyl/N-ethyl adjacent to an activating group) is 1. The molecule has 1 aromatic carbocycles. The number of nitrogens with zero attached hydrogens (tertiary/aromatic N) is 1. The molecule has 104 valence electrons. The monoisotopic (exact) mass is 326 g/mol. The number of carbonyl (C=O) groups excluding carboxylic acids is 1. The molecule has 1 heterocycles. The molecule has 1 unspecified atom stereocenters. The third-order valence-electron chi connectivity index (χ3n) is 3.47. The summed E-state index contributed by atoms with van der Waals surface area (Å²) in [6.45, 7) is 1.67. The quantitative estimate of drug-likeness (QED) is 0.866. The van der Waals surface area contributed by atoms with Crippen molar-refractivity contribution in [2.45, 2.75) is 18.4 Å². The van der Waals surface area contributed by atoms with Crippen LogP contribution in [-0.2, 0) is 9.53 Å². The van der Waals surface area contributed by atoms with Crippen LogP contribution in [0.15, 0.2) is 28.7 Å². The van der Waals surface area contributed by atoms with E-state index in [9.17, 15) is 4.79 Å². The Morgan fingerprint density at radius 3 is 2.95 bits per heavy atom. The zero-order valence-corrected chi connectivity index (χ0v) is 12.9. The number of carbonyl (C=O) groups is 1. The maximum Gasteiger partial charge on any atom is 0.332 e. The fourth-order valence-corrected chi connectivity index (χ4v) is 3.03. The second-order valence-corrected chi connectivity index (χ2v) is 5.97. The average molecular weight is 327 g/mol. The van der Waals surface area contributed by atoms with E-state index in [2.05, 4.69) is 26.1 Å². The van der Waals surface area contributed by atoms with Crippen LogP contribution < -0.4 is 5.32 Å². The summed E-state index contributed by atoms with van der Waals surface area (Å²) in [4.78, 5) is 14.4. The van der Waals surface area contributed by atoms with E-state index in [0.29, 0.717) is 6.54 Å². The number of anilines is 1. The summed E-state index contributed by atoms with van der Waals surface area (Å²) in [6, 6.07) is 7.84. The first-order chi connectivity index (χ1) is 9.05. The van der Waals surface area contributed by atoms with E-state index < -0.39 is 5.54 Å². The van der Waals surface area contributed by atoms with Gasteiger partial charge >= 0.3 is 5.97 Å². The van der Waals surface area contributed by atoms with Crippen molar-refractivity contribution in [3.63, 3.8) is 0 Å². The van der Waals surface area contributed by atoms with Crippen molar-refractivity contribution in [2.75, 3.05) is 32.6 Å². The molecule has 0 aliphatic carbocycles. The molecule has 1 N–H and O–H groups in total. The smallest absolute Gasteiger partial charge is 0.332 e. The van der Waals surface area contributed by atoms with Gasteiger partial charge in [0.15, 0.2) is 0 Å². The minimum absolute atomic E-state index is 0.195. The lowest BCUT2D eigenvalue weighted by molar-refractivity contribution is -0.147. The van der Waals surface area contributed by atoms with E-state index in [-0.39, 0.29) is 5.97 Å². The molecule has 5 heteroatoms. The molecule has 0 radical (unpaired) electrons. The highest BCUT2D eigenvalue weighted by Gasteiger charge is 2.42. The van der Waals surface area contributed by atoms with Crippen LogP contribution in [0.5, 0.6) is 0 Å². The Balaban J connectivity index is 2.25. The van der Waals surface area contributed by atoms with E-state index in [0.717, 1.165) is 29.5 Å². The lowest BCUT2D eigenvalue weighted by Crippen LogP contribution is -2.57. The molecule has 0 aromatic heterocycles. The largest absolute Gasteiger partial charge is 0.467 e. The molecule has 1 atom stereocenters. The molecule has 1 aromatic rings. The minimum Gasteiger partial charge on any atom is -0.467 e. The van der Waals surface area contributed by atoms with Gasteiger partial charge in [-0.15, -0.1) is 0 Å². The van der Waals surface area contributed by atoms with Gasteiger partial charge in [0.2, 0.25) is 0 Å². The van der Waals surface area contributed by atoms with Crippen LogP contribution in [0.25, 0.3) is 0 Å². The number of piperidine rings is 1. The second kappa shape index (κ2) is 5.92. The predicted molar refractivity (Wildman–Crippen MR) is 79.2 cm³/mol. The summed E-state index contributed by atoms with van der Waals surface area (Å²) in [5.74, 6) is -0.195. The van der Waals surface area contributed by atoms with Crippen molar-refractivity contribution < 1.29 is 9.53 Å². The summed E-state index contributed by atoms with van der Waals surface area (Å²) < 4.78 is 5.99. The average Bonchev–Trinajstić information content (AvgIpc) is 2.37. The van der Waals surface area contributed by atoms with Crippen molar-refractivity contribution in [3.8, 4) is 0 Å². The molecule has 4 nitrogen and oxygen atoms in total. The summed E-state index contributed by atoms with van der Waals surface area (Å²) in [5, 5.41) is 3.37. The highest BCUT2D eigenvalue weighted by Crippen LogP contribution is 2.28. The van der Waals surface area contributed by atoms with Crippen LogP contribution in [0.4, 0.5) is 5.69 Å². The molecule has 1 saturated heterocycles. The SMILES string of the molecule is COC(=O)C1(Nc2cccc(Br)c2)CCCN(C)C1. The van der Waals surface area contributed by atoms with Gasteiger partial charge in [-0.3, -0.25) is 0 Å². The van der Waals surface area contributed by atoms with E-state index in [1.165, 1.54) is 7.11 Å². The van der Waals surface area contributed by atoms with E-state index >= 15 is 0 Å². The van der Waals surface area contributed by atoms with Crippen LogP contribution in [0, 0.1) is 0 Å². The van der Waals surface area contributed by atoms with Gasteiger partial charge in [0.25, 0.3) is 0 Å². The first-order valence-corrected chi connectivity index (χ1v) is 7.16. The van der Waals surface area contributed by atoms with Crippen LogP contribution in [0.1, 0.15) is 12.8 Å². The topological polar surface area (TPSA) is 41.6 Å². The van der Waals surface area contributed by atoms with Gasteiger partial charge < -0.3 is 15.0 Å². The molecule has 1 fully saturated rings. The number of hydrogen-bond donors (Lipinski definition) is 1. The molecule has 0 bridgehead atoms. The summed E-state index contributed by atoms with van der Waals surface area (Å²) in [6.07, 6.45) is 1.77. The number of benzene rings is 1. The maximum atomic E-state index is 12.2. The minimum atomic E-state index is -0.650. The van der Waals surface area contributed by atoms with Crippen LogP contribution >= 0.6 is 15.9 Å². The number of rotatable bonds is 3. The number of esters is 1. The van der Waals surface area contributed by atoms with E-state index in [1.54, 1.807) is 0 Å². The number of methoxy groups -OCH3 is 1. The highest BCUT2D eigenvalue weighted by atomic mass is 79.9. The van der Waals surface area contributed by atoms with Crippen LogP contribution in [0.3, 0.4) is 0 Å². The fraction of sp³-hybridized carbons (Fsp3) is 0.500. The Labute approximate surface area is 122 Å². The number of likely N-dealkylation sites (tertiary alicyclic amines) is 1. The number of hydrogen-bond acceptors (Lipinski definition) is 4. The number of nitrogens with one attached hydrogen (secondary N) is 1. The molecular formula is C14H19BrN2O2. The standard InChI is InChI=1S/C14H19BrN2O2/c1-17-8-4-7-14(10-17,13(18)19-2)16-12-6-3-5-11(15)9-12/h3,5-6,9,16H,4,7-8,10H2,1-2H3. The first kappa shape index (κ1) is 14.3. The summed E-state index contributed by atoms with van der Waals surface area (Å²) in [7, 11) is 3.47. The summed E-state index contributed by atoms with van der Waals surface area (Å²) >= 11 is 3.44. The van der Waals surface area contributed by atoms with Crippen LogP contribution in [0.2, 0.25) is 0 Å². The van der Waals surface area contributed by atoms with Crippen molar-refractivity contribution in [2.24, 2.45) is 0 Å². The lowest BCUT2D eigenvalue weighted by atomic mass is 9.88. The number of halogens is 1. The van der Waals surface area contributed by atoms with Gasteiger partial charge in [-0.25, -0.2) is 4.79 Å². The molecular weight excluding hydrogens is 308 g/mol. The molecule has 1 aliphatic heterocycles. The van der Waals surface area contributed by atoms with Gasteiger partial charge in [0.1, 0.15) is 5.54 Å². The van der Waals surface area contributed by atoms with Crippen molar-refractivity contribution in [3.05, 3.63) is 28.7 Å². The van der Waals surface area contributed by atoms with E-state index in [1.807, 2.05) is 31.3 Å². The van der Waals surface area contributed by atoms with Gasteiger partial charge in [0, 0.05) is 16.7 Å². The highest BCUT2D eigenvalue weighted by molar-refractivity contribution is 9.10. The molecule has 2 rings (SSSR count). The Hall–Kier alpha value is -1.07. The Kier molecular flexibility index (Phi) is 4.47.